The molecule has 0 aromatic heterocycles. The lowest BCUT2D eigenvalue weighted by Crippen LogP contribution is -2.41. The molecule has 1 aliphatic heterocycles. The number of piperidine rings is 1. The third-order valence-corrected chi connectivity index (χ3v) is 6.49. The maximum atomic E-state index is 12.9. The van der Waals surface area contributed by atoms with Crippen LogP contribution in [0.5, 0.6) is 0 Å². The summed E-state index contributed by atoms with van der Waals surface area (Å²) in [5.41, 5.74) is 0. The quantitative estimate of drug-likeness (QED) is 0.810. The molecule has 6 nitrogen and oxygen atoms in total. The number of hydrogen-bond donors (Lipinski definition) is 1. The molecule has 1 N–H and O–H groups in total. The van der Waals surface area contributed by atoms with Gasteiger partial charge >= 0.3 is 5.97 Å². The number of nitrogens with zero attached hydrogens (tertiary/aromatic N) is 1. The first-order chi connectivity index (χ1) is 11.2. The van der Waals surface area contributed by atoms with Gasteiger partial charge in [0.05, 0.1) is 16.1 Å². The van der Waals surface area contributed by atoms with Crippen LogP contribution in [0.2, 0.25) is 0 Å². The van der Waals surface area contributed by atoms with E-state index in [1.165, 1.54) is 24.0 Å². The number of aliphatic carboxylic acids is 1. The van der Waals surface area contributed by atoms with Gasteiger partial charge in [0.15, 0.2) is 9.84 Å². The van der Waals surface area contributed by atoms with E-state index < -0.39 is 32.8 Å². The van der Waals surface area contributed by atoms with Gasteiger partial charge < -0.3 is 10.0 Å². The van der Waals surface area contributed by atoms with Crippen LogP contribution >= 0.6 is 0 Å². The first-order valence-electron chi connectivity index (χ1n) is 7.72. The van der Waals surface area contributed by atoms with Crippen LogP contribution in [0.3, 0.4) is 0 Å². The third-order valence-electron chi connectivity index (χ3n) is 4.33. The van der Waals surface area contributed by atoms with Crippen molar-refractivity contribution in [1.82, 2.24) is 4.90 Å². The van der Waals surface area contributed by atoms with Gasteiger partial charge in [-0.3, -0.25) is 9.59 Å². The standard InChI is InChI=1S/C16H20FNO5S/c1-11(24(22,23)14-4-2-13(17)3-5-14)10-15(19)18-8-6-12(7-9-18)16(20)21/h2-5,11-12H,6-10H2,1H3,(H,20,21). The third kappa shape index (κ3) is 4.11. The van der Waals surface area contributed by atoms with Gasteiger partial charge in [0.1, 0.15) is 5.82 Å². The second kappa shape index (κ2) is 7.29. The summed E-state index contributed by atoms with van der Waals surface area (Å²) in [5.74, 6) is -2.15. The van der Waals surface area contributed by atoms with E-state index in [4.69, 9.17) is 5.11 Å². The monoisotopic (exact) mass is 357 g/mol. The molecule has 1 aliphatic rings. The molecule has 1 atom stereocenters. The molecular weight excluding hydrogens is 337 g/mol. The van der Waals surface area contributed by atoms with Crippen molar-refractivity contribution in [2.45, 2.75) is 36.3 Å². The molecule has 2 rings (SSSR count). The Morgan fingerprint density at radius 3 is 2.29 bits per heavy atom. The highest BCUT2D eigenvalue weighted by Gasteiger charge is 2.31. The van der Waals surface area contributed by atoms with Gasteiger partial charge in [0.2, 0.25) is 5.91 Å². The summed E-state index contributed by atoms with van der Waals surface area (Å²) in [6.07, 6.45) is 0.567. The highest BCUT2D eigenvalue weighted by atomic mass is 32.2. The normalized spacial score (nSPS) is 17.5. The summed E-state index contributed by atoms with van der Waals surface area (Å²) in [6, 6.07) is 4.50. The summed E-state index contributed by atoms with van der Waals surface area (Å²) in [5, 5.41) is 8.01. The molecule has 132 valence electrons. The van der Waals surface area contributed by atoms with Crippen LogP contribution < -0.4 is 0 Å². The Bertz CT molecular complexity index is 708. The van der Waals surface area contributed by atoms with Crippen molar-refractivity contribution in [3.63, 3.8) is 0 Å². The maximum Gasteiger partial charge on any atom is 0.306 e. The van der Waals surface area contributed by atoms with Gasteiger partial charge in [-0.15, -0.1) is 0 Å². The van der Waals surface area contributed by atoms with E-state index >= 15 is 0 Å². The smallest absolute Gasteiger partial charge is 0.306 e. The lowest BCUT2D eigenvalue weighted by Gasteiger charge is -2.30. The first kappa shape index (κ1) is 18.4. The van der Waals surface area contributed by atoms with E-state index in [-0.39, 0.29) is 17.2 Å². The van der Waals surface area contributed by atoms with Crippen LogP contribution in [0.25, 0.3) is 0 Å². The Morgan fingerprint density at radius 1 is 1.25 bits per heavy atom. The second-order valence-corrected chi connectivity index (χ2v) is 8.37. The van der Waals surface area contributed by atoms with Crippen LogP contribution in [0, 0.1) is 11.7 Å². The van der Waals surface area contributed by atoms with Gasteiger partial charge in [-0.2, -0.15) is 0 Å². The molecule has 0 spiro atoms. The molecule has 1 amide bonds. The highest BCUT2D eigenvalue weighted by Crippen LogP contribution is 2.22. The Kier molecular flexibility index (Phi) is 5.58. The van der Waals surface area contributed by atoms with Crippen LogP contribution in [0.1, 0.15) is 26.2 Å². The molecule has 0 aliphatic carbocycles. The number of carboxylic acids is 1. The largest absolute Gasteiger partial charge is 0.481 e. The fraction of sp³-hybridized carbons (Fsp3) is 0.500. The van der Waals surface area contributed by atoms with Gasteiger partial charge in [-0.05, 0) is 44.0 Å². The molecule has 1 fully saturated rings. The van der Waals surface area contributed by atoms with Gasteiger partial charge in [-0.25, -0.2) is 12.8 Å². The van der Waals surface area contributed by atoms with Crippen LogP contribution in [0.4, 0.5) is 4.39 Å². The average molecular weight is 357 g/mol. The molecule has 1 saturated heterocycles. The van der Waals surface area contributed by atoms with E-state index in [2.05, 4.69) is 0 Å². The van der Waals surface area contributed by atoms with Crippen molar-refractivity contribution in [3.05, 3.63) is 30.1 Å². The number of rotatable bonds is 5. The zero-order valence-corrected chi connectivity index (χ0v) is 14.1. The summed E-state index contributed by atoms with van der Waals surface area (Å²) in [4.78, 5) is 24.7. The zero-order valence-electron chi connectivity index (χ0n) is 13.3. The molecule has 1 heterocycles. The summed E-state index contributed by atoms with van der Waals surface area (Å²) in [7, 11) is -3.72. The van der Waals surface area contributed by atoms with Crippen molar-refractivity contribution >= 4 is 21.7 Å². The van der Waals surface area contributed by atoms with Gasteiger partial charge in [-0.1, -0.05) is 0 Å². The predicted octanol–water partition coefficient (Wildman–Crippen LogP) is 1.70. The van der Waals surface area contributed by atoms with Crippen molar-refractivity contribution in [3.8, 4) is 0 Å². The molecule has 1 unspecified atom stereocenters. The number of hydrogen-bond acceptors (Lipinski definition) is 4. The first-order valence-corrected chi connectivity index (χ1v) is 9.26. The van der Waals surface area contributed by atoms with E-state index in [1.807, 2.05) is 0 Å². The number of benzene rings is 1. The number of carbonyl (C=O) groups is 2. The van der Waals surface area contributed by atoms with E-state index in [0.29, 0.717) is 25.9 Å². The summed E-state index contributed by atoms with van der Waals surface area (Å²) >= 11 is 0. The molecule has 8 heteroatoms. The fourth-order valence-corrected chi connectivity index (χ4v) is 4.06. The Labute approximate surface area is 140 Å². The average Bonchev–Trinajstić information content (AvgIpc) is 2.55. The van der Waals surface area contributed by atoms with E-state index in [0.717, 1.165) is 12.1 Å². The number of halogens is 1. The Hall–Kier alpha value is -1.96. The van der Waals surface area contributed by atoms with E-state index in [1.54, 1.807) is 0 Å². The molecule has 0 saturated carbocycles. The predicted molar refractivity (Wildman–Crippen MR) is 84.6 cm³/mol. The van der Waals surface area contributed by atoms with Crippen molar-refractivity contribution in [2.24, 2.45) is 5.92 Å². The van der Waals surface area contributed by atoms with Gasteiger partial charge in [0, 0.05) is 19.5 Å². The minimum absolute atomic E-state index is 0.0196. The van der Waals surface area contributed by atoms with E-state index in [9.17, 15) is 22.4 Å². The topological polar surface area (TPSA) is 91.8 Å². The van der Waals surface area contributed by atoms with Crippen LogP contribution in [-0.2, 0) is 19.4 Å². The molecule has 24 heavy (non-hydrogen) atoms. The van der Waals surface area contributed by atoms with Gasteiger partial charge in [0.25, 0.3) is 0 Å². The number of sulfone groups is 1. The molecule has 0 radical (unpaired) electrons. The number of carboxylic acid groups (broad SMARTS) is 1. The summed E-state index contributed by atoms with van der Waals surface area (Å²) < 4.78 is 37.8. The van der Waals surface area contributed by atoms with Crippen molar-refractivity contribution in [1.29, 1.82) is 0 Å². The Morgan fingerprint density at radius 2 is 1.79 bits per heavy atom. The number of likely N-dealkylation sites (tertiary alicyclic amines) is 1. The zero-order chi connectivity index (χ0) is 17.9. The molecule has 1 aromatic carbocycles. The number of carbonyl (C=O) groups excluding carboxylic acids is 1. The highest BCUT2D eigenvalue weighted by molar-refractivity contribution is 7.92. The number of amides is 1. The molecule has 1 aromatic rings. The minimum Gasteiger partial charge on any atom is -0.481 e. The lowest BCUT2D eigenvalue weighted by molar-refractivity contribution is -0.145. The fourth-order valence-electron chi connectivity index (χ4n) is 2.72. The van der Waals surface area contributed by atoms with Crippen LogP contribution in [0.15, 0.2) is 29.2 Å². The molecular formula is C16H20FNO5S. The summed E-state index contributed by atoms with van der Waals surface area (Å²) in [6.45, 7) is 2.08. The van der Waals surface area contributed by atoms with Crippen molar-refractivity contribution < 1.29 is 27.5 Å². The second-order valence-electron chi connectivity index (χ2n) is 6.01. The Balaban J connectivity index is 1.98. The lowest BCUT2D eigenvalue weighted by atomic mass is 9.97. The SMILES string of the molecule is CC(CC(=O)N1CCC(C(=O)O)CC1)S(=O)(=O)c1ccc(F)cc1. The van der Waals surface area contributed by atoms with Crippen molar-refractivity contribution in [2.75, 3.05) is 13.1 Å². The van der Waals surface area contributed by atoms with Crippen LogP contribution in [-0.4, -0.2) is 48.6 Å². The minimum atomic E-state index is -3.72. The maximum absolute atomic E-state index is 12.9. The molecule has 0 bridgehead atoms.